The molecular weight excluding hydrogens is 418 g/mol. The van der Waals surface area contributed by atoms with E-state index in [1.165, 1.54) is 0 Å². The second-order valence-corrected chi connectivity index (χ2v) is 7.57. The third-order valence-corrected chi connectivity index (χ3v) is 5.34. The molecule has 0 spiro atoms. The average molecular weight is 441 g/mol. The molecule has 0 amide bonds. The highest BCUT2D eigenvalue weighted by Gasteiger charge is 2.15. The summed E-state index contributed by atoms with van der Waals surface area (Å²) in [5.74, 6) is 1.42. The molecule has 1 heterocycles. The summed E-state index contributed by atoms with van der Waals surface area (Å²) in [6, 6.07) is 11.6. The third kappa shape index (κ3) is 5.36. The Morgan fingerprint density at radius 3 is 2.73 bits per heavy atom. The normalized spacial score (nSPS) is 16.7. The van der Waals surface area contributed by atoms with Crippen molar-refractivity contribution >= 4 is 27.5 Å². The minimum absolute atomic E-state index is 0.331. The predicted molar refractivity (Wildman–Crippen MR) is 107 cm³/mol. The van der Waals surface area contributed by atoms with E-state index in [1.807, 2.05) is 36.4 Å². The van der Waals surface area contributed by atoms with Gasteiger partial charge in [0.2, 0.25) is 0 Å². The third-order valence-electron chi connectivity index (χ3n) is 4.35. The van der Waals surface area contributed by atoms with Gasteiger partial charge in [0.15, 0.2) is 11.5 Å². The maximum absolute atomic E-state index is 5.94. The minimum Gasteiger partial charge on any atom is -0.493 e. The molecule has 6 heteroatoms. The molecule has 26 heavy (non-hydrogen) atoms. The van der Waals surface area contributed by atoms with Crippen LogP contribution in [0.2, 0.25) is 5.02 Å². The summed E-state index contributed by atoms with van der Waals surface area (Å²) >= 11 is 9.55. The summed E-state index contributed by atoms with van der Waals surface area (Å²) in [5.41, 5.74) is 2.17. The Kier molecular flexibility index (Phi) is 7.20. The fraction of sp³-hybridized carbons (Fsp3) is 0.400. The quantitative estimate of drug-likeness (QED) is 0.630. The van der Waals surface area contributed by atoms with Crippen LogP contribution in [-0.4, -0.2) is 26.4 Å². The molecule has 0 radical (unpaired) electrons. The zero-order valence-electron chi connectivity index (χ0n) is 14.8. The van der Waals surface area contributed by atoms with Gasteiger partial charge in [0.05, 0.1) is 13.2 Å². The maximum atomic E-state index is 5.94. The molecule has 1 unspecified atom stereocenters. The highest BCUT2D eigenvalue weighted by Crippen LogP contribution is 2.34. The van der Waals surface area contributed by atoms with Gasteiger partial charge >= 0.3 is 0 Å². The van der Waals surface area contributed by atoms with Gasteiger partial charge in [-0.15, -0.1) is 0 Å². The van der Waals surface area contributed by atoms with Gasteiger partial charge in [-0.2, -0.15) is 0 Å². The van der Waals surface area contributed by atoms with Crippen molar-refractivity contribution in [1.29, 1.82) is 0 Å². The van der Waals surface area contributed by atoms with Crippen LogP contribution in [-0.2, 0) is 17.9 Å². The van der Waals surface area contributed by atoms with E-state index in [-0.39, 0.29) is 0 Å². The van der Waals surface area contributed by atoms with Crippen molar-refractivity contribution in [3.05, 3.63) is 57.0 Å². The predicted octanol–water partition coefficient (Wildman–Crippen LogP) is 4.96. The van der Waals surface area contributed by atoms with Crippen LogP contribution in [0, 0.1) is 0 Å². The molecular formula is C20H23BrClNO3. The molecule has 140 valence electrons. The average Bonchev–Trinajstić information content (AvgIpc) is 3.16. The number of hydrogen-bond donors (Lipinski definition) is 1. The van der Waals surface area contributed by atoms with E-state index in [0.717, 1.165) is 53.9 Å². The summed E-state index contributed by atoms with van der Waals surface area (Å²) < 4.78 is 18.1. The van der Waals surface area contributed by atoms with E-state index in [9.17, 15) is 0 Å². The van der Waals surface area contributed by atoms with Gasteiger partial charge < -0.3 is 19.5 Å². The number of nitrogens with one attached hydrogen (secondary N) is 1. The summed E-state index contributed by atoms with van der Waals surface area (Å²) in [6.45, 7) is 2.94. The Morgan fingerprint density at radius 2 is 2.04 bits per heavy atom. The Morgan fingerprint density at radius 1 is 1.23 bits per heavy atom. The van der Waals surface area contributed by atoms with E-state index < -0.39 is 0 Å². The first-order valence-electron chi connectivity index (χ1n) is 8.71. The smallest absolute Gasteiger partial charge is 0.162 e. The van der Waals surface area contributed by atoms with Gasteiger partial charge in [-0.1, -0.05) is 39.7 Å². The van der Waals surface area contributed by atoms with Gasteiger partial charge in [0.1, 0.15) is 6.61 Å². The molecule has 1 fully saturated rings. The molecule has 2 aromatic rings. The molecule has 1 N–H and O–H groups in total. The number of hydrogen-bond acceptors (Lipinski definition) is 4. The number of halogens is 2. The van der Waals surface area contributed by atoms with Gasteiger partial charge in [0.25, 0.3) is 0 Å². The van der Waals surface area contributed by atoms with Crippen LogP contribution >= 0.6 is 27.5 Å². The Labute approximate surface area is 167 Å². The summed E-state index contributed by atoms with van der Waals surface area (Å²) in [6.07, 6.45) is 2.62. The van der Waals surface area contributed by atoms with Crippen LogP contribution < -0.4 is 14.8 Å². The molecule has 0 aliphatic carbocycles. The lowest BCUT2D eigenvalue weighted by Gasteiger charge is -2.15. The van der Waals surface area contributed by atoms with Crippen molar-refractivity contribution in [3.8, 4) is 11.5 Å². The van der Waals surface area contributed by atoms with Crippen molar-refractivity contribution in [2.75, 3.05) is 20.3 Å². The van der Waals surface area contributed by atoms with Crippen LogP contribution in [0.3, 0.4) is 0 Å². The van der Waals surface area contributed by atoms with Gasteiger partial charge in [0, 0.05) is 29.2 Å². The molecule has 0 bridgehead atoms. The second kappa shape index (κ2) is 9.60. The Balaban J connectivity index is 1.61. The number of rotatable bonds is 8. The zero-order valence-corrected chi connectivity index (χ0v) is 17.1. The minimum atomic E-state index is 0.331. The monoisotopic (exact) mass is 439 g/mol. The standard InChI is InChI=1S/C20H23BrClNO3/c1-24-19-9-15(11-23-12-17-3-2-8-25-17)18(21)10-20(19)26-13-14-4-6-16(22)7-5-14/h4-7,9-10,17,23H,2-3,8,11-13H2,1H3. The van der Waals surface area contributed by atoms with Gasteiger partial charge in [-0.05, 0) is 48.2 Å². The maximum Gasteiger partial charge on any atom is 0.162 e. The summed E-state index contributed by atoms with van der Waals surface area (Å²) in [5, 5.41) is 4.17. The van der Waals surface area contributed by atoms with Crippen molar-refractivity contribution in [2.45, 2.75) is 32.1 Å². The highest BCUT2D eigenvalue weighted by atomic mass is 79.9. The topological polar surface area (TPSA) is 39.7 Å². The largest absolute Gasteiger partial charge is 0.493 e. The first-order chi connectivity index (χ1) is 12.7. The van der Waals surface area contributed by atoms with Crippen molar-refractivity contribution in [1.82, 2.24) is 5.32 Å². The fourth-order valence-corrected chi connectivity index (χ4v) is 3.49. The number of ether oxygens (including phenoxy) is 3. The van der Waals surface area contributed by atoms with Crippen LogP contribution in [0.5, 0.6) is 11.5 Å². The molecule has 4 nitrogen and oxygen atoms in total. The van der Waals surface area contributed by atoms with E-state index in [2.05, 4.69) is 21.2 Å². The summed E-state index contributed by atoms with van der Waals surface area (Å²) in [7, 11) is 1.65. The Bertz CT molecular complexity index is 718. The molecule has 3 rings (SSSR count). The fourth-order valence-electron chi connectivity index (χ4n) is 2.90. The number of methoxy groups -OCH3 is 1. The van der Waals surface area contributed by atoms with Crippen molar-refractivity contribution in [2.24, 2.45) is 0 Å². The van der Waals surface area contributed by atoms with E-state index in [0.29, 0.717) is 23.5 Å². The molecule has 1 saturated heterocycles. The van der Waals surface area contributed by atoms with Crippen LogP contribution in [0.15, 0.2) is 40.9 Å². The van der Waals surface area contributed by atoms with Gasteiger partial charge in [-0.3, -0.25) is 0 Å². The van der Waals surface area contributed by atoms with Crippen LogP contribution in [0.4, 0.5) is 0 Å². The van der Waals surface area contributed by atoms with E-state index >= 15 is 0 Å². The van der Waals surface area contributed by atoms with E-state index in [4.69, 9.17) is 25.8 Å². The van der Waals surface area contributed by atoms with Crippen molar-refractivity contribution in [3.63, 3.8) is 0 Å². The van der Waals surface area contributed by atoms with Crippen LogP contribution in [0.1, 0.15) is 24.0 Å². The second-order valence-electron chi connectivity index (χ2n) is 6.28. The first kappa shape index (κ1) is 19.5. The molecule has 1 aliphatic rings. The first-order valence-corrected chi connectivity index (χ1v) is 9.89. The highest BCUT2D eigenvalue weighted by molar-refractivity contribution is 9.10. The van der Waals surface area contributed by atoms with Gasteiger partial charge in [-0.25, -0.2) is 0 Å². The lowest BCUT2D eigenvalue weighted by Crippen LogP contribution is -2.25. The van der Waals surface area contributed by atoms with Crippen molar-refractivity contribution < 1.29 is 14.2 Å². The molecule has 0 aromatic heterocycles. The molecule has 0 saturated carbocycles. The Hall–Kier alpha value is -1.27. The number of benzene rings is 2. The van der Waals surface area contributed by atoms with Crippen LogP contribution in [0.25, 0.3) is 0 Å². The SMILES string of the molecule is COc1cc(CNCC2CCCO2)c(Br)cc1OCc1ccc(Cl)cc1. The zero-order chi connectivity index (χ0) is 18.4. The molecule has 1 aliphatic heterocycles. The summed E-state index contributed by atoms with van der Waals surface area (Å²) in [4.78, 5) is 0. The molecule has 1 atom stereocenters. The van der Waals surface area contributed by atoms with E-state index in [1.54, 1.807) is 7.11 Å². The molecule has 2 aromatic carbocycles. The lowest BCUT2D eigenvalue weighted by atomic mass is 10.2. The lowest BCUT2D eigenvalue weighted by molar-refractivity contribution is 0.110.